The summed E-state index contributed by atoms with van der Waals surface area (Å²) in [5.74, 6) is 0.806. The van der Waals surface area contributed by atoms with Gasteiger partial charge in [-0.3, -0.25) is 0 Å². The molecule has 114 valence electrons. The fraction of sp³-hybridized carbons (Fsp3) is 0.625. The van der Waals surface area contributed by atoms with Crippen LogP contribution in [0.25, 0.3) is 0 Å². The summed E-state index contributed by atoms with van der Waals surface area (Å²) in [4.78, 5) is 16.1. The molecule has 3 rings (SSSR count). The molecule has 2 aliphatic rings. The maximum Gasteiger partial charge on any atom is 0.339 e. The van der Waals surface area contributed by atoms with Gasteiger partial charge in [0, 0.05) is 17.0 Å². The number of aromatic nitrogens is 1. The van der Waals surface area contributed by atoms with E-state index in [1.54, 1.807) is 0 Å². The summed E-state index contributed by atoms with van der Waals surface area (Å²) in [5.41, 5.74) is 2.53. The Labute approximate surface area is 129 Å². The summed E-state index contributed by atoms with van der Waals surface area (Å²) < 4.78 is 0. The van der Waals surface area contributed by atoms with Crippen molar-refractivity contribution in [3.63, 3.8) is 0 Å². The van der Waals surface area contributed by atoms with Crippen LogP contribution in [0.1, 0.15) is 54.2 Å². The van der Waals surface area contributed by atoms with Crippen molar-refractivity contribution in [1.29, 1.82) is 0 Å². The number of hydrogen-bond acceptors (Lipinski definition) is 4. The first-order valence-electron chi connectivity index (χ1n) is 7.83. The molecule has 5 heteroatoms. The molecule has 2 unspecified atom stereocenters. The van der Waals surface area contributed by atoms with Crippen molar-refractivity contribution in [1.82, 2.24) is 4.98 Å². The molecule has 1 fully saturated rings. The molecule has 1 heterocycles. The lowest BCUT2D eigenvalue weighted by Crippen LogP contribution is -2.28. The van der Waals surface area contributed by atoms with Gasteiger partial charge in [-0.25, -0.2) is 9.78 Å². The lowest BCUT2D eigenvalue weighted by Gasteiger charge is -2.22. The number of thioether (sulfide) groups is 1. The molecule has 0 aliphatic heterocycles. The zero-order valence-corrected chi connectivity index (χ0v) is 13.2. The van der Waals surface area contributed by atoms with Crippen LogP contribution in [0.4, 0.5) is 5.82 Å². The monoisotopic (exact) mass is 306 g/mol. The van der Waals surface area contributed by atoms with Crippen molar-refractivity contribution in [2.45, 2.75) is 56.7 Å². The summed E-state index contributed by atoms with van der Waals surface area (Å²) >= 11 is 1.97. The van der Waals surface area contributed by atoms with E-state index < -0.39 is 5.97 Å². The van der Waals surface area contributed by atoms with Gasteiger partial charge in [0.15, 0.2) is 0 Å². The average molecular weight is 306 g/mol. The maximum absolute atomic E-state index is 11.5. The molecule has 0 amide bonds. The summed E-state index contributed by atoms with van der Waals surface area (Å²) in [7, 11) is 0. The second-order valence-corrected chi connectivity index (χ2v) is 7.34. The van der Waals surface area contributed by atoms with E-state index >= 15 is 0 Å². The van der Waals surface area contributed by atoms with Gasteiger partial charge < -0.3 is 10.4 Å². The van der Waals surface area contributed by atoms with E-state index in [1.807, 2.05) is 17.8 Å². The number of rotatable bonds is 5. The smallest absolute Gasteiger partial charge is 0.339 e. The van der Waals surface area contributed by atoms with E-state index in [9.17, 15) is 9.90 Å². The van der Waals surface area contributed by atoms with E-state index in [1.165, 1.54) is 12.8 Å². The fourth-order valence-corrected chi connectivity index (χ4v) is 4.62. The maximum atomic E-state index is 11.5. The number of nitrogens with zero attached hydrogens (tertiary/aromatic N) is 1. The van der Waals surface area contributed by atoms with Gasteiger partial charge in [0.25, 0.3) is 0 Å². The van der Waals surface area contributed by atoms with E-state index in [-0.39, 0.29) is 0 Å². The second-order valence-electron chi connectivity index (χ2n) is 5.82. The molecule has 0 saturated heterocycles. The largest absolute Gasteiger partial charge is 0.478 e. The number of carboxylic acids is 1. The fourth-order valence-electron chi connectivity index (χ4n) is 3.43. The molecule has 21 heavy (non-hydrogen) atoms. The van der Waals surface area contributed by atoms with Crippen LogP contribution in [0.3, 0.4) is 0 Å². The number of carboxylic acid groups (broad SMARTS) is 1. The first kappa shape index (κ1) is 14.7. The highest BCUT2D eigenvalue weighted by Crippen LogP contribution is 2.33. The molecule has 4 nitrogen and oxygen atoms in total. The number of aromatic carboxylic acids is 1. The van der Waals surface area contributed by atoms with Crippen molar-refractivity contribution in [2.24, 2.45) is 0 Å². The third kappa shape index (κ3) is 3.03. The van der Waals surface area contributed by atoms with Crippen LogP contribution in [0.5, 0.6) is 0 Å². The van der Waals surface area contributed by atoms with Crippen LogP contribution in [-0.4, -0.2) is 33.1 Å². The minimum atomic E-state index is -0.877. The molecule has 0 aromatic carbocycles. The van der Waals surface area contributed by atoms with Crippen LogP contribution >= 0.6 is 11.8 Å². The number of anilines is 1. The Hall–Kier alpha value is -1.23. The first-order valence-corrected chi connectivity index (χ1v) is 8.88. The molecule has 2 atom stereocenters. The van der Waals surface area contributed by atoms with Crippen LogP contribution < -0.4 is 5.32 Å². The Balaban J connectivity index is 1.85. The van der Waals surface area contributed by atoms with Gasteiger partial charge in [-0.2, -0.15) is 11.8 Å². The zero-order chi connectivity index (χ0) is 14.8. The Morgan fingerprint density at radius 3 is 3.05 bits per heavy atom. The van der Waals surface area contributed by atoms with Crippen molar-refractivity contribution in [2.75, 3.05) is 11.1 Å². The zero-order valence-electron chi connectivity index (χ0n) is 12.4. The van der Waals surface area contributed by atoms with Crippen molar-refractivity contribution in [3.05, 3.63) is 22.9 Å². The quantitative estimate of drug-likeness (QED) is 0.873. The number of pyridine rings is 1. The number of fused-ring (bicyclic) bond motifs is 1. The lowest BCUT2D eigenvalue weighted by molar-refractivity contribution is 0.0697. The molecule has 1 saturated carbocycles. The third-order valence-electron chi connectivity index (χ3n) is 4.44. The predicted octanol–water partition coefficient (Wildman–Crippen LogP) is 3.35. The normalized spacial score (nSPS) is 24.0. The van der Waals surface area contributed by atoms with E-state index in [0.29, 0.717) is 22.7 Å². The van der Waals surface area contributed by atoms with Gasteiger partial charge in [-0.15, -0.1) is 0 Å². The molecule has 0 radical (unpaired) electrons. The van der Waals surface area contributed by atoms with Crippen molar-refractivity contribution >= 4 is 23.5 Å². The second kappa shape index (κ2) is 6.26. The van der Waals surface area contributed by atoms with Crippen LogP contribution in [0, 0.1) is 0 Å². The Bertz CT molecular complexity index is 547. The number of carbonyl (C=O) groups is 1. The highest BCUT2D eigenvalue weighted by Gasteiger charge is 2.29. The molecular weight excluding hydrogens is 284 g/mol. The lowest BCUT2D eigenvalue weighted by atomic mass is 10.1. The standard InChI is InChI=1S/C16H22N2O2S/c1-2-21-14-8-4-7-13(14)18-15-11(16(19)20)9-10-5-3-6-12(10)17-15/h9,13-14H,2-8H2,1H3,(H,17,18)(H,19,20). The van der Waals surface area contributed by atoms with Gasteiger partial charge in [0.05, 0.1) is 0 Å². The summed E-state index contributed by atoms with van der Waals surface area (Å²) in [6.07, 6.45) is 6.55. The van der Waals surface area contributed by atoms with Gasteiger partial charge in [0.2, 0.25) is 0 Å². The van der Waals surface area contributed by atoms with Gasteiger partial charge in [-0.1, -0.05) is 13.3 Å². The number of hydrogen-bond donors (Lipinski definition) is 2. The van der Waals surface area contributed by atoms with Crippen molar-refractivity contribution < 1.29 is 9.90 Å². The number of nitrogens with one attached hydrogen (secondary N) is 1. The molecule has 0 spiro atoms. The first-order chi connectivity index (χ1) is 10.2. The van der Waals surface area contributed by atoms with Gasteiger partial charge >= 0.3 is 5.97 Å². The van der Waals surface area contributed by atoms with E-state index in [4.69, 9.17) is 0 Å². The molecule has 1 aromatic rings. The predicted molar refractivity (Wildman–Crippen MR) is 86.4 cm³/mol. The average Bonchev–Trinajstić information content (AvgIpc) is 3.07. The van der Waals surface area contributed by atoms with E-state index in [2.05, 4.69) is 17.2 Å². The Kier molecular flexibility index (Phi) is 4.38. The molecule has 2 N–H and O–H groups in total. The third-order valence-corrected chi connectivity index (χ3v) is 5.76. The minimum Gasteiger partial charge on any atom is -0.478 e. The molecule has 2 aliphatic carbocycles. The highest BCUT2D eigenvalue weighted by molar-refractivity contribution is 7.99. The van der Waals surface area contributed by atoms with Gasteiger partial charge in [0.1, 0.15) is 11.4 Å². The molecule has 0 bridgehead atoms. The summed E-state index contributed by atoms with van der Waals surface area (Å²) in [5, 5.41) is 13.5. The minimum absolute atomic E-state index is 0.336. The van der Waals surface area contributed by atoms with Crippen molar-refractivity contribution in [3.8, 4) is 0 Å². The number of aryl methyl sites for hydroxylation is 2. The topological polar surface area (TPSA) is 62.2 Å². The highest BCUT2D eigenvalue weighted by atomic mass is 32.2. The Morgan fingerprint density at radius 2 is 2.29 bits per heavy atom. The van der Waals surface area contributed by atoms with Crippen LogP contribution in [0.15, 0.2) is 6.07 Å². The molecular formula is C16H22N2O2S. The summed E-state index contributed by atoms with van der Waals surface area (Å²) in [6, 6.07) is 2.18. The van der Waals surface area contributed by atoms with E-state index in [0.717, 1.165) is 42.7 Å². The summed E-state index contributed by atoms with van der Waals surface area (Å²) in [6.45, 7) is 2.18. The van der Waals surface area contributed by atoms with Crippen LogP contribution in [-0.2, 0) is 12.8 Å². The van der Waals surface area contributed by atoms with Crippen LogP contribution in [0.2, 0.25) is 0 Å². The molecule has 1 aromatic heterocycles. The Morgan fingerprint density at radius 1 is 1.43 bits per heavy atom. The van der Waals surface area contributed by atoms with Gasteiger partial charge in [-0.05, 0) is 49.5 Å². The SMILES string of the molecule is CCSC1CCCC1Nc1nc2c(cc1C(=O)O)CCC2.